The number of anilines is 9. The van der Waals surface area contributed by atoms with E-state index in [1.54, 1.807) is 0 Å². The van der Waals surface area contributed by atoms with E-state index in [4.69, 9.17) is 0 Å². The van der Waals surface area contributed by atoms with Crippen molar-refractivity contribution in [3.63, 3.8) is 0 Å². The fraction of sp³-hybridized carbons (Fsp3) is 0.333. The first-order valence-electron chi connectivity index (χ1n) is 32.1. The SMILES string of the molecule is Cc1ccccc1-c1ccc2c(c1)N(c1cc3c(cc1C)C(C)(C)CCC3(C)C)c1cc(N(c3ccccc3)c3ccccc3)cc3c1B2c1cc2sc4cc5c(cc4c2cc1N3c1cc2c(cc1C)C(C)(C)CCC2(C)C)C(C)(C)CCC5(C)C. The normalized spacial score (nSPS) is 18.6. The third-order valence-electron chi connectivity index (χ3n) is 22.2. The Kier molecular flexibility index (Phi) is 12.1. The van der Waals surface area contributed by atoms with Crippen molar-refractivity contribution in [3.05, 3.63) is 214 Å². The van der Waals surface area contributed by atoms with E-state index >= 15 is 0 Å². The smallest absolute Gasteiger partial charge is 0.252 e. The molecule has 3 nitrogen and oxygen atoms in total. The lowest BCUT2D eigenvalue weighted by atomic mass is 9.33. The maximum atomic E-state index is 2.76. The molecule has 0 radical (unpaired) electrons. The van der Waals surface area contributed by atoms with Crippen molar-refractivity contribution in [1.29, 1.82) is 0 Å². The molecule has 3 heterocycles. The molecule has 0 spiro atoms. The van der Waals surface area contributed by atoms with E-state index in [1.165, 1.54) is 158 Å². The lowest BCUT2D eigenvalue weighted by Crippen LogP contribution is -2.61. The fourth-order valence-corrected chi connectivity index (χ4v) is 17.7. The molecule has 0 atom stereocenters. The molecular weight excluding hydrogens is 1060 g/mol. The minimum Gasteiger partial charge on any atom is -0.311 e. The quantitative estimate of drug-likeness (QED) is 0.154. The average molecular weight is 1140 g/mol. The summed E-state index contributed by atoms with van der Waals surface area (Å²) < 4.78 is 2.75. The van der Waals surface area contributed by atoms with Gasteiger partial charge in [-0.3, -0.25) is 0 Å². The summed E-state index contributed by atoms with van der Waals surface area (Å²) in [5.41, 5.74) is 30.6. The molecule has 432 valence electrons. The third-order valence-corrected chi connectivity index (χ3v) is 23.3. The van der Waals surface area contributed by atoms with Gasteiger partial charge in [0.2, 0.25) is 0 Å². The Balaban J connectivity index is 1.11. The molecule has 0 amide bonds. The lowest BCUT2D eigenvalue weighted by molar-refractivity contribution is 0.332. The predicted molar refractivity (Wildman–Crippen MR) is 374 cm³/mol. The highest BCUT2D eigenvalue weighted by molar-refractivity contribution is 7.26. The molecule has 0 saturated heterocycles. The lowest BCUT2D eigenvalue weighted by Gasteiger charge is -2.47. The predicted octanol–water partition coefficient (Wildman–Crippen LogP) is 21.2. The zero-order valence-electron chi connectivity index (χ0n) is 53.7. The zero-order valence-corrected chi connectivity index (χ0v) is 54.5. The maximum absolute atomic E-state index is 2.76. The van der Waals surface area contributed by atoms with Crippen molar-refractivity contribution >= 4 is 106 Å². The Morgan fingerprint density at radius 1 is 0.349 bits per heavy atom. The zero-order chi connectivity index (χ0) is 59.9. The molecule has 5 aliphatic rings. The summed E-state index contributed by atoms with van der Waals surface area (Å²) in [5.74, 6) is 0. The first-order chi connectivity index (χ1) is 40.8. The fourth-order valence-electron chi connectivity index (χ4n) is 16.5. The molecule has 15 rings (SSSR count). The molecule has 0 N–H and O–H groups in total. The second-order valence-corrected chi connectivity index (χ2v) is 31.8. The number of aryl methyl sites for hydroxylation is 3. The van der Waals surface area contributed by atoms with Crippen molar-refractivity contribution in [2.75, 3.05) is 14.7 Å². The van der Waals surface area contributed by atoms with Gasteiger partial charge in [0.25, 0.3) is 6.71 Å². The highest BCUT2D eigenvalue weighted by atomic mass is 32.1. The molecule has 0 unspecified atom stereocenters. The van der Waals surface area contributed by atoms with Crippen LogP contribution in [0.4, 0.5) is 51.2 Å². The Hall–Kier alpha value is -7.34. The topological polar surface area (TPSA) is 9.72 Å². The average Bonchev–Trinajstić information content (AvgIpc) is 0.905. The Labute approximate surface area is 517 Å². The maximum Gasteiger partial charge on any atom is 0.252 e. The van der Waals surface area contributed by atoms with Crippen LogP contribution in [0.3, 0.4) is 0 Å². The monoisotopic (exact) mass is 1140 g/mol. The highest BCUT2D eigenvalue weighted by Crippen LogP contribution is 2.56. The van der Waals surface area contributed by atoms with Crippen LogP contribution in [0.1, 0.15) is 172 Å². The molecule has 86 heavy (non-hydrogen) atoms. The molecule has 1 aromatic heterocycles. The van der Waals surface area contributed by atoms with Gasteiger partial charge in [-0.1, -0.05) is 168 Å². The van der Waals surface area contributed by atoms with Crippen molar-refractivity contribution in [2.45, 2.75) is 175 Å². The summed E-state index contributed by atoms with van der Waals surface area (Å²) in [7, 11) is 0. The third kappa shape index (κ3) is 8.32. The highest BCUT2D eigenvalue weighted by Gasteiger charge is 2.48. The molecule has 0 bridgehead atoms. The van der Waals surface area contributed by atoms with Crippen LogP contribution in [0.2, 0.25) is 0 Å². The summed E-state index contributed by atoms with van der Waals surface area (Å²) in [5, 5.41) is 2.74. The van der Waals surface area contributed by atoms with Crippen LogP contribution in [0.25, 0.3) is 31.3 Å². The summed E-state index contributed by atoms with van der Waals surface area (Å²) >= 11 is 2.00. The van der Waals surface area contributed by atoms with Gasteiger partial charge in [0.05, 0.1) is 5.69 Å². The van der Waals surface area contributed by atoms with Gasteiger partial charge < -0.3 is 14.7 Å². The molecule has 10 aromatic rings. The number of hydrogen-bond donors (Lipinski definition) is 0. The summed E-state index contributed by atoms with van der Waals surface area (Å²) in [6, 6.07) is 64.8. The van der Waals surface area contributed by atoms with Gasteiger partial charge in [-0.2, -0.15) is 0 Å². The minimum atomic E-state index is -0.0818. The van der Waals surface area contributed by atoms with E-state index in [0.29, 0.717) is 0 Å². The van der Waals surface area contributed by atoms with Gasteiger partial charge in [-0.25, -0.2) is 0 Å². The summed E-state index contributed by atoms with van der Waals surface area (Å²) in [4.78, 5) is 8.01. The van der Waals surface area contributed by atoms with Gasteiger partial charge in [-0.15, -0.1) is 11.3 Å². The number of para-hydroxylation sites is 2. The van der Waals surface area contributed by atoms with Crippen LogP contribution in [0.15, 0.2) is 164 Å². The second kappa shape index (κ2) is 18.8. The Morgan fingerprint density at radius 2 is 0.767 bits per heavy atom. The van der Waals surface area contributed by atoms with Gasteiger partial charge in [0, 0.05) is 65.7 Å². The van der Waals surface area contributed by atoms with Crippen molar-refractivity contribution < 1.29 is 0 Å². The molecule has 0 saturated carbocycles. The Morgan fingerprint density at radius 3 is 1.27 bits per heavy atom. The number of thiophene rings is 1. The van der Waals surface area contributed by atoms with Gasteiger partial charge >= 0.3 is 0 Å². The van der Waals surface area contributed by atoms with Crippen LogP contribution >= 0.6 is 11.3 Å². The number of benzene rings is 9. The largest absolute Gasteiger partial charge is 0.311 e. The second-order valence-electron chi connectivity index (χ2n) is 30.7. The van der Waals surface area contributed by atoms with E-state index in [1.807, 2.05) is 11.3 Å². The van der Waals surface area contributed by atoms with E-state index < -0.39 is 0 Å². The van der Waals surface area contributed by atoms with E-state index in [0.717, 1.165) is 29.9 Å². The molecule has 2 aliphatic heterocycles. The Bertz CT molecular complexity index is 4440. The van der Waals surface area contributed by atoms with Crippen molar-refractivity contribution in [2.24, 2.45) is 0 Å². The van der Waals surface area contributed by atoms with Crippen LogP contribution < -0.4 is 31.1 Å². The number of rotatable bonds is 6. The first-order valence-corrected chi connectivity index (χ1v) is 32.9. The minimum absolute atomic E-state index is 0.00138. The number of nitrogens with zero attached hydrogens (tertiary/aromatic N) is 3. The van der Waals surface area contributed by atoms with E-state index in [-0.39, 0.29) is 39.2 Å². The number of hydrogen-bond acceptors (Lipinski definition) is 4. The van der Waals surface area contributed by atoms with Crippen molar-refractivity contribution in [3.8, 4) is 11.1 Å². The first kappa shape index (κ1) is 55.3. The summed E-state index contributed by atoms with van der Waals surface area (Å²) in [6.45, 7) is 36.7. The number of fused-ring (bicyclic) bond motifs is 10. The van der Waals surface area contributed by atoms with E-state index in [9.17, 15) is 0 Å². The molecular formula is C81H84BN3S. The van der Waals surface area contributed by atoms with Gasteiger partial charge in [0.15, 0.2) is 0 Å². The van der Waals surface area contributed by atoms with Crippen molar-refractivity contribution in [1.82, 2.24) is 0 Å². The van der Waals surface area contributed by atoms with Crippen LogP contribution in [0.5, 0.6) is 0 Å². The summed E-state index contributed by atoms with van der Waals surface area (Å²) in [6.07, 6.45) is 7.00. The molecule has 5 heteroatoms. The molecule has 3 aliphatic carbocycles. The van der Waals surface area contributed by atoms with E-state index in [2.05, 4.69) is 282 Å². The van der Waals surface area contributed by atoms with Gasteiger partial charge in [0.1, 0.15) is 0 Å². The van der Waals surface area contributed by atoms with Crippen LogP contribution in [-0.4, -0.2) is 6.71 Å². The molecule has 9 aromatic carbocycles. The van der Waals surface area contributed by atoms with Crippen LogP contribution in [-0.2, 0) is 32.5 Å². The molecule has 0 fully saturated rings. The standard InChI is InChI=1S/C81H84BN3S/c1-49-24-22-23-29-56(49)52-30-31-65-69(40-52)84(67-45-62-59(38-50(67)2)76(4,5)32-35-79(62,10)11)71-41-55(83(53-25-18-16-19-26-53)54-27-20-17-21-28-54)42-72-75(71)82(65)66-48-74-58(57-43-61-64(47-73(57)86-74)81(14,15)37-34-78(61,8)9)44-70(66)85(72)68-46-63-60(39-51(68)3)77(6,7)33-36-80(63,12)13/h16-31,38-48H,32-37H2,1-15H3. The van der Waals surface area contributed by atoms with Gasteiger partial charge in [-0.05, 0) is 248 Å². The van der Waals surface area contributed by atoms with Crippen LogP contribution in [0, 0.1) is 20.8 Å².